The first-order valence-corrected chi connectivity index (χ1v) is 8.63. The van der Waals surface area contributed by atoms with Crippen molar-refractivity contribution in [3.8, 4) is 0 Å². The van der Waals surface area contributed by atoms with Gasteiger partial charge in [0, 0.05) is 32.7 Å². The molecule has 0 unspecified atom stereocenters. The Morgan fingerprint density at radius 3 is 2.41 bits per heavy atom. The standard InChI is InChI=1S/C15H21N3O3S/c1-2-8-16-15(19)13-17-9-11-18(12-10-17)22(20,21)14-6-4-3-5-7-14/h2-7H,1,8-13H2,(H,16,19). The smallest absolute Gasteiger partial charge is 0.243 e. The van der Waals surface area contributed by atoms with Crippen molar-refractivity contribution in [2.45, 2.75) is 4.90 Å². The molecule has 1 amide bonds. The highest BCUT2D eigenvalue weighted by Crippen LogP contribution is 2.16. The second-order valence-corrected chi connectivity index (χ2v) is 7.02. The molecule has 1 N–H and O–H groups in total. The van der Waals surface area contributed by atoms with Crippen LogP contribution in [0.15, 0.2) is 47.9 Å². The number of nitrogens with one attached hydrogen (secondary N) is 1. The van der Waals surface area contributed by atoms with Gasteiger partial charge in [0.25, 0.3) is 0 Å². The van der Waals surface area contributed by atoms with Crippen LogP contribution in [0.2, 0.25) is 0 Å². The second-order valence-electron chi connectivity index (χ2n) is 5.09. The van der Waals surface area contributed by atoms with E-state index >= 15 is 0 Å². The number of piperazine rings is 1. The average molecular weight is 323 g/mol. The van der Waals surface area contributed by atoms with E-state index in [1.54, 1.807) is 36.4 Å². The van der Waals surface area contributed by atoms with Crippen molar-refractivity contribution in [1.29, 1.82) is 0 Å². The number of sulfonamides is 1. The summed E-state index contributed by atoms with van der Waals surface area (Å²) >= 11 is 0. The van der Waals surface area contributed by atoms with Crippen LogP contribution < -0.4 is 5.32 Å². The van der Waals surface area contributed by atoms with Crippen molar-refractivity contribution in [3.63, 3.8) is 0 Å². The number of amides is 1. The molecule has 1 aliphatic rings. The van der Waals surface area contributed by atoms with Crippen LogP contribution >= 0.6 is 0 Å². The Bertz CT molecular complexity index is 608. The molecule has 1 saturated heterocycles. The monoisotopic (exact) mass is 323 g/mol. The normalized spacial score (nSPS) is 17.1. The third-order valence-electron chi connectivity index (χ3n) is 3.52. The van der Waals surface area contributed by atoms with E-state index in [9.17, 15) is 13.2 Å². The van der Waals surface area contributed by atoms with Crippen molar-refractivity contribution in [2.75, 3.05) is 39.3 Å². The predicted octanol–water partition coefficient (Wildman–Crippen LogP) is 0.295. The van der Waals surface area contributed by atoms with Crippen LogP contribution in [0.5, 0.6) is 0 Å². The first kappa shape index (κ1) is 16.7. The van der Waals surface area contributed by atoms with E-state index in [2.05, 4.69) is 11.9 Å². The maximum atomic E-state index is 12.5. The molecule has 0 saturated carbocycles. The predicted molar refractivity (Wildman–Crippen MR) is 84.8 cm³/mol. The molecule has 1 aliphatic heterocycles. The van der Waals surface area contributed by atoms with Gasteiger partial charge in [0.05, 0.1) is 11.4 Å². The van der Waals surface area contributed by atoms with Crippen LogP contribution in [0, 0.1) is 0 Å². The zero-order chi connectivity index (χ0) is 16.0. The molecule has 2 rings (SSSR count). The summed E-state index contributed by atoms with van der Waals surface area (Å²) in [6.07, 6.45) is 1.63. The van der Waals surface area contributed by atoms with Crippen molar-refractivity contribution in [3.05, 3.63) is 43.0 Å². The lowest BCUT2D eigenvalue weighted by Gasteiger charge is -2.33. The van der Waals surface area contributed by atoms with Gasteiger partial charge in [0.1, 0.15) is 0 Å². The summed E-state index contributed by atoms with van der Waals surface area (Å²) in [7, 11) is -3.44. The average Bonchev–Trinajstić information content (AvgIpc) is 2.54. The molecular formula is C15H21N3O3S. The first-order valence-electron chi connectivity index (χ1n) is 7.19. The maximum Gasteiger partial charge on any atom is 0.243 e. The number of nitrogens with zero attached hydrogens (tertiary/aromatic N) is 2. The van der Waals surface area contributed by atoms with Crippen LogP contribution in [0.4, 0.5) is 0 Å². The van der Waals surface area contributed by atoms with Crippen molar-refractivity contribution >= 4 is 15.9 Å². The third-order valence-corrected chi connectivity index (χ3v) is 5.44. The van der Waals surface area contributed by atoms with Gasteiger partial charge >= 0.3 is 0 Å². The largest absolute Gasteiger partial charge is 0.352 e. The van der Waals surface area contributed by atoms with E-state index in [0.29, 0.717) is 37.6 Å². The lowest BCUT2D eigenvalue weighted by molar-refractivity contribution is -0.122. The molecule has 0 aliphatic carbocycles. The van der Waals surface area contributed by atoms with E-state index in [0.717, 1.165) is 0 Å². The zero-order valence-corrected chi connectivity index (χ0v) is 13.3. The molecular weight excluding hydrogens is 302 g/mol. The SMILES string of the molecule is C=CCNC(=O)CN1CCN(S(=O)(=O)c2ccccc2)CC1. The van der Waals surface area contributed by atoms with Gasteiger partial charge in [-0.25, -0.2) is 8.42 Å². The maximum absolute atomic E-state index is 12.5. The third kappa shape index (κ3) is 4.16. The number of benzene rings is 1. The highest BCUT2D eigenvalue weighted by Gasteiger charge is 2.28. The molecule has 1 heterocycles. The molecule has 1 fully saturated rings. The van der Waals surface area contributed by atoms with Crippen LogP contribution in [-0.2, 0) is 14.8 Å². The van der Waals surface area contributed by atoms with Crippen molar-refractivity contribution in [1.82, 2.24) is 14.5 Å². The molecule has 22 heavy (non-hydrogen) atoms. The molecule has 0 atom stereocenters. The summed E-state index contributed by atoms with van der Waals surface area (Å²) in [4.78, 5) is 13.9. The highest BCUT2D eigenvalue weighted by molar-refractivity contribution is 7.89. The Balaban J connectivity index is 1.89. The van der Waals surface area contributed by atoms with Gasteiger partial charge in [-0.2, -0.15) is 4.31 Å². The van der Waals surface area contributed by atoms with Gasteiger partial charge in [-0.15, -0.1) is 6.58 Å². The molecule has 0 spiro atoms. The first-order chi connectivity index (χ1) is 10.5. The van der Waals surface area contributed by atoms with E-state index in [1.165, 1.54) is 4.31 Å². The quantitative estimate of drug-likeness (QED) is 0.764. The number of rotatable bonds is 6. The van der Waals surface area contributed by atoms with E-state index < -0.39 is 10.0 Å². The fourth-order valence-corrected chi connectivity index (χ4v) is 3.76. The minimum atomic E-state index is -3.44. The Kier molecular flexibility index (Phi) is 5.70. The van der Waals surface area contributed by atoms with Gasteiger partial charge in [0.2, 0.25) is 15.9 Å². The van der Waals surface area contributed by atoms with E-state index in [1.807, 2.05) is 4.90 Å². The van der Waals surface area contributed by atoms with Crippen LogP contribution in [0.3, 0.4) is 0 Å². The summed E-state index contributed by atoms with van der Waals surface area (Å²) in [5.74, 6) is -0.0701. The fraction of sp³-hybridized carbons (Fsp3) is 0.400. The van der Waals surface area contributed by atoms with Gasteiger partial charge < -0.3 is 5.32 Å². The molecule has 1 aromatic rings. The van der Waals surface area contributed by atoms with Crippen LogP contribution in [0.1, 0.15) is 0 Å². The minimum Gasteiger partial charge on any atom is -0.352 e. The minimum absolute atomic E-state index is 0.0701. The van der Waals surface area contributed by atoms with Crippen molar-refractivity contribution in [2.24, 2.45) is 0 Å². The summed E-state index contributed by atoms with van der Waals surface area (Å²) < 4.78 is 26.4. The topological polar surface area (TPSA) is 69.7 Å². The Morgan fingerprint density at radius 1 is 1.18 bits per heavy atom. The number of hydrogen-bond donors (Lipinski definition) is 1. The van der Waals surface area contributed by atoms with Crippen LogP contribution in [0.25, 0.3) is 0 Å². The summed E-state index contributed by atoms with van der Waals surface area (Å²) in [5, 5.41) is 2.72. The number of hydrogen-bond acceptors (Lipinski definition) is 4. The van der Waals surface area contributed by atoms with Gasteiger partial charge in [0.15, 0.2) is 0 Å². The summed E-state index contributed by atoms with van der Waals surface area (Å²) in [6, 6.07) is 8.42. The molecule has 120 valence electrons. The Hall–Kier alpha value is -1.70. The van der Waals surface area contributed by atoms with Crippen molar-refractivity contribution < 1.29 is 13.2 Å². The van der Waals surface area contributed by atoms with E-state index in [-0.39, 0.29) is 12.5 Å². The molecule has 7 heteroatoms. The second kappa shape index (κ2) is 7.53. The lowest BCUT2D eigenvalue weighted by Crippen LogP contribution is -2.51. The summed E-state index contributed by atoms with van der Waals surface area (Å²) in [6.45, 7) is 6.16. The van der Waals surface area contributed by atoms with Gasteiger partial charge in [-0.3, -0.25) is 9.69 Å². The zero-order valence-electron chi connectivity index (χ0n) is 12.4. The Morgan fingerprint density at radius 2 is 1.82 bits per heavy atom. The van der Waals surface area contributed by atoms with Gasteiger partial charge in [-0.05, 0) is 12.1 Å². The fourth-order valence-electron chi connectivity index (χ4n) is 2.31. The number of carbonyl (C=O) groups is 1. The van der Waals surface area contributed by atoms with E-state index in [4.69, 9.17) is 0 Å². The molecule has 1 aromatic carbocycles. The lowest BCUT2D eigenvalue weighted by atomic mass is 10.3. The van der Waals surface area contributed by atoms with Crippen LogP contribution in [-0.4, -0.2) is 62.8 Å². The highest BCUT2D eigenvalue weighted by atomic mass is 32.2. The molecule has 6 nitrogen and oxygen atoms in total. The molecule has 0 radical (unpaired) electrons. The van der Waals surface area contributed by atoms with Gasteiger partial charge in [-0.1, -0.05) is 24.3 Å². The molecule has 0 bridgehead atoms. The molecule has 0 aromatic heterocycles. The Labute approximate surface area is 131 Å². The number of carbonyl (C=O) groups excluding carboxylic acids is 1. The summed E-state index contributed by atoms with van der Waals surface area (Å²) in [5.41, 5.74) is 0.